The molecule has 0 spiro atoms. The number of aromatic nitrogens is 2. The van der Waals surface area contributed by atoms with Crippen LogP contribution >= 0.6 is 11.6 Å². The second-order valence-electron chi connectivity index (χ2n) is 5.83. The molecule has 0 bridgehead atoms. The monoisotopic (exact) mass is 382 g/mol. The lowest BCUT2D eigenvalue weighted by molar-refractivity contribution is 0.101. The van der Waals surface area contributed by atoms with Crippen LogP contribution in [-0.4, -0.2) is 22.4 Å². The Labute approximate surface area is 162 Å². The molecule has 0 saturated carbocycles. The van der Waals surface area contributed by atoms with Gasteiger partial charge in [-0.25, -0.2) is 4.98 Å². The molecule has 3 rings (SSSR count). The number of ether oxygens (including phenoxy) is 1. The maximum Gasteiger partial charge on any atom is 0.222 e. The van der Waals surface area contributed by atoms with Crippen LogP contribution in [0.1, 0.15) is 24.2 Å². The van der Waals surface area contributed by atoms with Crippen LogP contribution in [0.15, 0.2) is 48.5 Å². The van der Waals surface area contributed by atoms with Crippen LogP contribution in [0.3, 0.4) is 0 Å². The van der Waals surface area contributed by atoms with Crippen molar-refractivity contribution in [2.45, 2.75) is 13.8 Å². The topological polar surface area (TPSA) is 90.1 Å². The Morgan fingerprint density at radius 1 is 1.15 bits per heavy atom. The van der Waals surface area contributed by atoms with E-state index in [0.29, 0.717) is 34.5 Å². The van der Waals surface area contributed by atoms with Gasteiger partial charge in [-0.15, -0.1) is 0 Å². The fraction of sp³-hybridized carbons (Fsp3) is 0.150. The molecule has 1 heterocycles. The van der Waals surface area contributed by atoms with E-state index in [-0.39, 0.29) is 11.7 Å². The Hall–Kier alpha value is -3.12. The Bertz CT molecular complexity index is 974. The molecule has 0 fully saturated rings. The van der Waals surface area contributed by atoms with E-state index < -0.39 is 0 Å². The molecule has 0 radical (unpaired) electrons. The number of rotatable bonds is 6. The fourth-order valence-corrected chi connectivity index (χ4v) is 2.76. The molecule has 2 aromatic carbocycles. The number of ketones is 1. The number of nitrogens with two attached hydrogens (primary N) is 1. The minimum Gasteiger partial charge on any atom is -0.493 e. The summed E-state index contributed by atoms with van der Waals surface area (Å²) in [6, 6.07) is 14.2. The average Bonchev–Trinajstić information content (AvgIpc) is 2.63. The minimum atomic E-state index is 0.0135. The first-order valence-electron chi connectivity index (χ1n) is 8.41. The van der Waals surface area contributed by atoms with E-state index in [4.69, 9.17) is 22.1 Å². The molecule has 138 valence electrons. The molecule has 1 aromatic heterocycles. The largest absolute Gasteiger partial charge is 0.493 e. The maximum absolute atomic E-state index is 11.4. The summed E-state index contributed by atoms with van der Waals surface area (Å²) in [5.74, 6) is 1.32. The zero-order valence-corrected chi connectivity index (χ0v) is 15.7. The first-order valence-corrected chi connectivity index (χ1v) is 8.79. The summed E-state index contributed by atoms with van der Waals surface area (Å²) in [5.41, 5.74) is 8.64. The zero-order chi connectivity index (χ0) is 19.4. The van der Waals surface area contributed by atoms with Gasteiger partial charge in [0.15, 0.2) is 5.78 Å². The summed E-state index contributed by atoms with van der Waals surface area (Å²) in [5, 5.41) is 3.74. The van der Waals surface area contributed by atoms with E-state index in [9.17, 15) is 4.79 Å². The SMILES string of the molecule is CCOc1ccc(Cl)cc1-c1cc(Nc2ccc(C(C)=O)cc2)nc(N)n1. The van der Waals surface area contributed by atoms with Crippen LogP contribution in [0.5, 0.6) is 5.75 Å². The molecule has 0 saturated heterocycles. The Morgan fingerprint density at radius 3 is 2.56 bits per heavy atom. The van der Waals surface area contributed by atoms with E-state index in [0.717, 1.165) is 11.3 Å². The van der Waals surface area contributed by atoms with E-state index in [1.165, 1.54) is 6.92 Å². The van der Waals surface area contributed by atoms with E-state index in [1.54, 1.807) is 48.5 Å². The van der Waals surface area contributed by atoms with Crippen molar-refractivity contribution in [3.8, 4) is 17.0 Å². The number of carbonyl (C=O) groups is 1. The van der Waals surface area contributed by atoms with E-state index >= 15 is 0 Å². The molecule has 0 aliphatic heterocycles. The van der Waals surface area contributed by atoms with Gasteiger partial charge >= 0.3 is 0 Å². The number of nitrogens with zero attached hydrogens (tertiary/aromatic N) is 2. The molecular formula is C20H19ClN4O2. The number of benzene rings is 2. The number of halogens is 1. The van der Waals surface area contributed by atoms with Gasteiger partial charge in [-0.2, -0.15) is 4.98 Å². The van der Waals surface area contributed by atoms with Gasteiger partial charge in [-0.3, -0.25) is 4.79 Å². The highest BCUT2D eigenvalue weighted by Crippen LogP contribution is 2.33. The Kier molecular flexibility index (Phi) is 5.57. The summed E-state index contributed by atoms with van der Waals surface area (Å²) >= 11 is 6.14. The quantitative estimate of drug-likeness (QED) is 0.599. The van der Waals surface area contributed by atoms with Gasteiger partial charge in [-0.05, 0) is 56.3 Å². The normalized spacial score (nSPS) is 10.5. The zero-order valence-electron chi connectivity index (χ0n) is 15.0. The highest BCUT2D eigenvalue weighted by molar-refractivity contribution is 6.31. The molecule has 3 aromatic rings. The van der Waals surface area contributed by atoms with Crippen LogP contribution in [0.2, 0.25) is 5.02 Å². The van der Waals surface area contributed by atoms with Crippen LogP contribution in [0.25, 0.3) is 11.3 Å². The number of nitrogens with one attached hydrogen (secondary N) is 1. The Balaban J connectivity index is 1.95. The van der Waals surface area contributed by atoms with E-state index in [1.807, 2.05) is 6.92 Å². The number of anilines is 3. The van der Waals surface area contributed by atoms with E-state index in [2.05, 4.69) is 15.3 Å². The second-order valence-corrected chi connectivity index (χ2v) is 6.27. The highest BCUT2D eigenvalue weighted by Gasteiger charge is 2.12. The predicted octanol–water partition coefficient (Wildman–Crippen LogP) is 4.72. The van der Waals surface area contributed by atoms with Crippen molar-refractivity contribution < 1.29 is 9.53 Å². The third-order valence-electron chi connectivity index (χ3n) is 3.82. The van der Waals surface area contributed by atoms with Crippen molar-refractivity contribution in [1.82, 2.24) is 9.97 Å². The van der Waals surface area contributed by atoms with Crippen LogP contribution < -0.4 is 15.8 Å². The molecule has 27 heavy (non-hydrogen) atoms. The first kappa shape index (κ1) is 18.7. The van der Waals surface area contributed by atoms with Gasteiger partial charge in [0.2, 0.25) is 5.95 Å². The highest BCUT2D eigenvalue weighted by atomic mass is 35.5. The van der Waals surface area contributed by atoms with Gasteiger partial charge < -0.3 is 15.8 Å². The minimum absolute atomic E-state index is 0.0135. The number of hydrogen-bond donors (Lipinski definition) is 2. The van der Waals surface area contributed by atoms with Crippen molar-refractivity contribution in [3.05, 3.63) is 59.1 Å². The first-order chi connectivity index (χ1) is 13.0. The van der Waals surface area contributed by atoms with Gasteiger partial charge in [0.05, 0.1) is 12.3 Å². The summed E-state index contributed by atoms with van der Waals surface area (Å²) in [4.78, 5) is 19.9. The lowest BCUT2D eigenvalue weighted by Crippen LogP contribution is -2.03. The molecule has 0 aliphatic rings. The molecule has 0 unspecified atom stereocenters. The average molecular weight is 383 g/mol. The molecule has 3 N–H and O–H groups in total. The smallest absolute Gasteiger partial charge is 0.222 e. The van der Waals surface area contributed by atoms with Crippen molar-refractivity contribution in [2.24, 2.45) is 0 Å². The van der Waals surface area contributed by atoms with Gasteiger partial charge in [-0.1, -0.05) is 11.6 Å². The molecule has 0 amide bonds. The van der Waals surface area contributed by atoms with Gasteiger partial charge in [0.25, 0.3) is 0 Å². The number of carbonyl (C=O) groups excluding carboxylic acids is 1. The summed E-state index contributed by atoms with van der Waals surface area (Å²) in [6.45, 7) is 3.95. The number of Topliss-reactive ketones (excluding diaryl/α,β-unsaturated/α-hetero) is 1. The standard InChI is InChI=1S/C20H19ClN4O2/c1-3-27-18-9-6-14(21)10-16(18)17-11-19(25-20(22)24-17)23-15-7-4-13(5-8-15)12(2)26/h4-11H,3H2,1-2H3,(H3,22,23,24,25). The molecule has 6 nitrogen and oxygen atoms in total. The molecular weight excluding hydrogens is 364 g/mol. The summed E-state index contributed by atoms with van der Waals surface area (Å²) < 4.78 is 5.67. The van der Waals surface area contributed by atoms with Crippen molar-refractivity contribution in [3.63, 3.8) is 0 Å². The van der Waals surface area contributed by atoms with Crippen molar-refractivity contribution in [1.29, 1.82) is 0 Å². The molecule has 7 heteroatoms. The fourth-order valence-electron chi connectivity index (χ4n) is 2.59. The lowest BCUT2D eigenvalue weighted by Gasteiger charge is -2.12. The predicted molar refractivity (Wildman–Crippen MR) is 108 cm³/mol. The van der Waals surface area contributed by atoms with Gasteiger partial charge in [0, 0.05) is 27.9 Å². The van der Waals surface area contributed by atoms with Crippen LogP contribution in [0.4, 0.5) is 17.5 Å². The van der Waals surface area contributed by atoms with Gasteiger partial charge in [0.1, 0.15) is 11.6 Å². The summed E-state index contributed by atoms with van der Waals surface area (Å²) in [7, 11) is 0. The Morgan fingerprint density at radius 2 is 1.89 bits per heavy atom. The van der Waals surface area contributed by atoms with Crippen molar-refractivity contribution in [2.75, 3.05) is 17.7 Å². The lowest BCUT2D eigenvalue weighted by atomic mass is 10.1. The maximum atomic E-state index is 11.4. The third kappa shape index (κ3) is 4.54. The van der Waals surface area contributed by atoms with Crippen LogP contribution in [-0.2, 0) is 0 Å². The number of nitrogen functional groups attached to an aromatic ring is 1. The summed E-state index contributed by atoms with van der Waals surface area (Å²) in [6.07, 6.45) is 0. The molecule has 0 aliphatic carbocycles. The number of hydrogen-bond acceptors (Lipinski definition) is 6. The molecule has 0 atom stereocenters. The second kappa shape index (κ2) is 8.05. The van der Waals surface area contributed by atoms with Crippen LogP contribution in [0, 0.1) is 0 Å². The third-order valence-corrected chi connectivity index (χ3v) is 4.06. The van der Waals surface area contributed by atoms with Crippen molar-refractivity contribution >= 4 is 34.8 Å².